The summed E-state index contributed by atoms with van der Waals surface area (Å²) in [7, 11) is 0. The van der Waals surface area contributed by atoms with Gasteiger partial charge in [-0.3, -0.25) is 0 Å². The van der Waals surface area contributed by atoms with Crippen LogP contribution in [0.2, 0.25) is 0 Å². The lowest BCUT2D eigenvalue weighted by Crippen LogP contribution is -2.20. The van der Waals surface area contributed by atoms with Crippen molar-refractivity contribution < 1.29 is 0 Å². The average molecular weight is 282 g/mol. The molecule has 1 unspecified atom stereocenters. The highest BCUT2D eigenvalue weighted by Gasteiger charge is 2.09. The van der Waals surface area contributed by atoms with E-state index in [4.69, 9.17) is 5.73 Å². The van der Waals surface area contributed by atoms with Crippen LogP contribution >= 0.6 is 0 Å². The van der Waals surface area contributed by atoms with Gasteiger partial charge >= 0.3 is 0 Å². The zero-order valence-corrected chi connectivity index (χ0v) is 13.3. The summed E-state index contributed by atoms with van der Waals surface area (Å²) >= 11 is 0. The lowest BCUT2D eigenvalue weighted by atomic mass is 9.99. The van der Waals surface area contributed by atoms with Gasteiger partial charge in [0.15, 0.2) is 0 Å². The van der Waals surface area contributed by atoms with Crippen LogP contribution in [-0.4, -0.2) is 6.54 Å². The quantitative estimate of drug-likeness (QED) is 0.828. The van der Waals surface area contributed by atoms with Gasteiger partial charge in [0.2, 0.25) is 0 Å². The molecule has 3 N–H and O–H groups in total. The standard InChI is InChI=1S/C19H26N2/c1-14(2)12-16-6-8-17(9-7-16)19(13-20)21-18-10-4-15(3)5-11-18/h4-11,14,19,21H,12-13,20H2,1-3H3. The normalized spacial score (nSPS) is 12.4. The Morgan fingerprint density at radius 2 is 1.57 bits per heavy atom. The van der Waals surface area contributed by atoms with Crippen molar-refractivity contribution in [1.82, 2.24) is 0 Å². The lowest BCUT2D eigenvalue weighted by Gasteiger charge is -2.19. The minimum absolute atomic E-state index is 0.154. The van der Waals surface area contributed by atoms with Crippen molar-refractivity contribution in [3.8, 4) is 0 Å². The predicted molar refractivity (Wildman–Crippen MR) is 91.6 cm³/mol. The highest BCUT2D eigenvalue weighted by Crippen LogP contribution is 2.20. The molecular formula is C19H26N2. The van der Waals surface area contributed by atoms with Crippen LogP contribution in [0.4, 0.5) is 5.69 Å². The van der Waals surface area contributed by atoms with E-state index in [0.717, 1.165) is 12.1 Å². The second kappa shape index (κ2) is 7.28. The molecule has 2 heteroatoms. The van der Waals surface area contributed by atoms with E-state index in [-0.39, 0.29) is 6.04 Å². The van der Waals surface area contributed by atoms with Crippen molar-refractivity contribution in [1.29, 1.82) is 0 Å². The fourth-order valence-corrected chi connectivity index (χ4v) is 2.49. The van der Waals surface area contributed by atoms with Gasteiger partial charge in [0.25, 0.3) is 0 Å². The first-order valence-electron chi connectivity index (χ1n) is 7.70. The molecular weight excluding hydrogens is 256 g/mol. The third-order valence-electron chi connectivity index (χ3n) is 3.65. The van der Waals surface area contributed by atoms with E-state index >= 15 is 0 Å². The summed E-state index contributed by atoms with van der Waals surface area (Å²) in [4.78, 5) is 0. The molecule has 0 saturated heterocycles. The predicted octanol–water partition coefficient (Wildman–Crippen LogP) is 4.31. The summed E-state index contributed by atoms with van der Waals surface area (Å²) < 4.78 is 0. The number of aryl methyl sites for hydroxylation is 1. The Bertz CT molecular complexity index is 541. The van der Waals surface area contributed by atoms with Gasteiger partial charge in [0.1, 0.15) is 0 Å². The largest absolute Gasteiger partial charge is 0.377 e. The molecule has 1 atom stereocenters. The Hall–Kier alpha value is -1.80. The average Bonchev–Trinajstić information content (AvgIpc) is 2.47. The maximum absolute atomic E-state index is 5.94. The second-order valence-corrected chi connectivity index (χ2v) is 6.14. The lowest BCUT2D eigenvalue weighted by molar-refractivity contribution is 0.647. The Morgan fingerprint density at radius 3 is 2.10 bits per heavy atom. The second-order valence-electron chi connectivity index (χ2n) is 6.14. The van der Waals surface area contributed by atoms with Crippen LogP contribution in [-0.2, 0) is 6.42 Å². The summed E-state index contributed by atoms with van der Waals surface area (Å²) in [6, 6.07) is 17.4. The van der Waals surface area contributed by atoms with E-state index in [0.29, 0.717) is 12.5 Å². The molecule has 0 saturated carbocycles. The Kier molecular flexibility index (Phi) is 5.40. The summed E-state index contributed by atoms with van der Waals surface area (Å²) in [6.45, 7) is 7.17. The number of hydrogen-bond acceptors (Lipinski definition) is 2. The van der Waals surface area contributed by atoms with Crippen LogP contribution in [0, 0.1) is 12.8 Å². The van der Waals surface area contributed by atoms with E-state index < -0.39 is 0 Å². The van der Waals surface area contributed by atoms with E-state index in [9.17, 15) is 0 Å². The molecule has 0 heterocycles. The minimum Gasteiger partial charge on any atom is -0.377 e. The molecule has 2 aromatic carbocycles. The number of anilines is 1. The van der Waals surface area contributed by atoms with Gasteiger partial charge < -0.3 is 11.1 Å². The van der Waals surface area contributed by atoms with Gasteiger partial charge in [0.05, 0.1) is 6.04 Å². The third-order valence-corrected chi connectivity index (χ3v) is 3.65. The molecule has 0 fully saturated rings. The maximum Gasteiger partial charge on any atom is 0.0636 e. The van der Waals surface area contributed by atoms with Gasteiger partial charge in [-0.2, -0.15) is 0 Å². The third kappa shape index (κ3) is 4.61. The summed E-state index contributed by atoms with van der Waals surface area (Å²) in [6.07, 6.45) is 1.12. The van der Waals surface area contributed by atoms with Gasteiger partial charge in [-0.05, 0) is 42.5 Å². The van der Waals surface area contributed by atoms with Crippen LogP contribution in [0.3, 0.4) is 0 Å². The topological polar surface area (TPSA) is 38.0 Å². The van der Waals surface area contributed by atoms with Crippen molar-refractivity contribution in [2.45, 2.75) is 33.2 Å². The Morgan fingerprint density at radius 1 is 0.952 bits per heavy atom. The van der Waals surface area contributed by atoms with Crippen molar-refractivity contribution in [3.05, 3.63) is 65.2 Å². The van der Waals surface area contributed by atoms with Gasteiger partial charge in [-0.1, -0.05) is 55.8 Å². The van der Waals surface area contributed by atoms with Gasteiger partial charge in [0, 0.05) is 12.2 Å². The summed E-state index contributed by atoms with van der Waals surface area (Å²) in [5, 5.41) is 3.51. The molecule has 0 spiro atoms. The zero-order chi connectivity index (χ0) is 15.2. The number of rotatable bonds is 6. The van der Waals surface area contributed by atoms with E-state index in [1.807, 2.05) is 0 Å². The van der Waals surface area contributed by atoms with Crippen LogP contribution in [0.25, 0.3) is 0 Å². The summed E-state index contributed by atoms with van der Waals surface area (Å²) in [5.41, 5.74) is 10.9. The van der Waals surface area contributed by atoms with Crippen LogP contribution in [0.1, 0.15) is 36.6 Å². The number of nitrogens with two attached hydrogens (primary N) is 1. The van der Waals surface area contributed by atoms with Crippen molar-refractivity contribution in [3.63, 3.8) is 0 Å². The van der Waals surface area contributed by atoms with Gasteiger partial charge in [-0.25, -0.2) is 0 Å². The molecule has 2 nitrogen and oxygen atoms in total. The molecule has 2 aromatic rings. The molecule has 0 radical (unpaired) electrons. The SMILES string of the molecule is Cc1ccc(NC(CN)c2ccc(CC(C)C)cc2)cc1. The Balaban J connectivity index is 2.08. The number of hydrogen-bond donors (Lipinski definition) is 2. The van der Waals surface area contributed by atoms with Crippen LogP contribution in [0.5, 0.6) is 0 Å². The molecule has 0 aliphatic rings. The molecule has 0 bridgehead atoms. The van der Waals surface area contributed by atoms with Crippen molar-refractivity contribution in [2.75, 3.05) is 11.9 Å². The molecule has 0 aromatic heterocycles. The fraction of sp³-hybridized carbons (Fsp3) is 0.368. The van der Waals surface area contributed by atoms with Gasteiger partial charge in [-0.15, -0.1) is 0 Å². The number of nitrogens with one attached hydrogen (secondary N) is 1. The zero-order valence-electron chi connectivity index (χ0n) is 13.3. The molecule has 112 valence electrons. The molecule has 2 rings (SSSR count). The highest BCUT2D eigenvalue weighted by atomic mass is 14.9. The monoisotopic (exact) mass is 282 g/mol. The molecule has 0 amide bonds. The smallest absolute Gasteiger partial charge is 0.0636 e. The maximum atomic E-state index is 5.94. The highest BCUT2D eigenvalue weighted by molar-refractivity contribution is 5.47. The van der Waals surface area contributed by atoms with Crippen LogP contribution < -0.4 is 11.1 Å². The number of benzene rings is 2. The first-order valence-corrected chi connectivity index (χ1v) is 7.70. The van der Waals surface area contributed by atoms with E-state index in [1.165, 1.54) is 16.7 Å². The first-order chi connectivity index (χ1) is 10.1. The Labute approximate surface area is 128 Å². The van der Waals surface area contributed by atoms with E-state index in [1.54, 1.807) is 0 Å². The van der Waals surface area contributed by atoms with Crippen LogP contribution in [0.15, 0.2) is 48.5 Å². The van der Waals surface area contributed by atoms with Crippen molar-refractivity contribution >= 4 is 5.69 Å². The molecule has 0 aliphatic heterocycles. The fourth-order valence-electron chi connectivity index (χ4n) is 2.49. The first kappa shape index (κ1) is 15.6. The van der Waals surface area contributed by atoms with Crippen molar-refractivity contribution in [2.24, 2.45) is 11.7 Å². The molecule has 0 aliphatic carbocycles. The minimum atomic E-state index is 0.154. The summed E-state index contributed by atoms with van der Waals surface area (Å²) in [5.74, 6) is 0.687. The molecule has 21 heavy (non-hydrogen) atoms. The van der Waals surface area contributed by atoms with E-state index in [2.05, 4.69) is 74.6 Å².